The van der Waals surface area contributed by atoms with E-state index in [0.29, 0.717) is 5.56 Å². The molecule has 0 heterocycles. The highest BCUT2D eigenvalue weighted by Gasteiger charge is 2.04. The number of amides is 1. The predicted octanol–water partition coefficient (Wildman–Crippen LogP) is 1.30. The van der Waals surface area contributed by atoms with E-state index in [0.717, 1.165) is 0 Å². The molecular weight excluding hydrogens is 192 g/mol. The van der Waals surface area contributed by atoms with Crippen molar-refractivity contribution >= 4 is 5.91 Å². The zero-order valence-corrected chi connectivity index (χ0v) is 8.43. The van der Waals surface area contributed by atoms with Gasteiger partial charge in [0.15, 0.2) is 0 Å². The van der Waals surface area contributed by atoms with Crippen LogP contribution < -0.4 is 5.32 Å². The molecule has 1 N–H and O–H groups in total. The lowest BCUT2D eigenvalue weighted by Gasteiger charge is -2.07. The number of nitrogens with one attached hydrogen (secondary N) is 1. The van der Waals surface area contributed by atoms with Crippen LogP contribution in [0.1, 0.15) is 17.3 Å². The summed E-state index contributed by atoms with van der Waals surface area (Å²) in [6.07, 6.45) is -0.513. The van der Waals surface area contributed by atoms with E-state index in [9.17, 15) is 4.79 Å². The first-order valence-corrected chi connectivity index (χ1v) is 4.58. The first kappa shape index (κ1) is 11.2. The van der Waals surface area contributed by atoms with Crippen molar-refractivity contribution in [3.8, 4) is 6.07 Å². The van der Waals surface area contributed by atoms with E-state index >= 15 is 0 Å². The second kappa shape index (κ2) is 5.78. The van der Waals surface area contributed by atoms with Gasteiger partial charge in [0.05, 0.1) is 6.07 Å². The molecule has 1 rings (SSSR count). The summed E-state index contributed by atoms with van der Waals surface area (Å²) in [6, 6.07) is 10.7. The summed E-state index contributed by atoms with van der Waals surface area (Å²) in [5, 5.41) is 11.0. The van der Waals surface area contributed by atoms with Gasteiger partial charge in [-0.1, -0.05) is 18.2 Å². The number of carbonyl (C=O) groups excluding carboxylic acids is 1. The molecule has 1 atom stereocenters. The molecule has 0 fully saturated rings. The zero-order valence-electron chi connectivity index (χ0n) is 8.43. The fourth-order valence-electron chi connectivity index (χ4n) is 0.961. The van der Waals surface area contributed by atoms with Gasteiger partial charge in [0.2, 0.25) is 0 Å². The average Bonchev–Trinajstić information content (AvgIpc) is 2.29. The van der Waals surface area contributed by atoms with Crippen molar-refractivity contribution in [3.05, 3.63) is 35.9 Å². The summed E-state index contributed by atoms with van der Waals surface area (Å²) >= 11 is 0. The summed E-state index contributed by atoms with van der Waals surface area (Å²) in [5.74, 6) is -0.208. The Labute approximate surface area is 88.5 Å². The highest BCUT2D eigenvalue weighted by atomic mass is 16.5. The molecule has 1 aromatic rings. The molecule has 15 heavy (non-hydrogen) atoms. The molecule has 4 nitrogen and oxygen atoms in total. The number of hydrogen-bond donors (Lipinski definition) is 1. The van der Waals surface area contributed by atoms with Crippen molar-refractivity contribution in [2.45, 2.75) is 13.0 Å². The summed E-state index contributed by atoms with van der Waals surface area (Å²) < 4.78 is 4.99. The molecule has 0 aliphatic carbocycles. The molecule has 1 aromatic carbocycles. The summed E-state index contributed by atoms with van der Waals surface area (Å²) in [4.78, 5) is 11.4. The van der Waals surface area contributed by atoms with Gasteiger partial charge in [-0.3, -0.25) is 4.79 Å². The number of benzene rings is 1. The van der Waals surface area contributed by atoms with Crippen LogP contribution in [0, 0.1) is 11.3 Å². The van der Waals surface area contributed by atoms with Crippen LogP contribution in [0.2, 0.25) is 0 Å². The maximum absolute atomic E-state index is 11.4. The summed E-state index contributed by atoms with van der Waals surface area (Å²) in [6.45, 7) is 1.66. The van der Waals surface area contributed by atoms with Gasteiger partial charge >= 0.3 is 0 Å². The first-order chi connectivity index (χ1) is 7.24. The topological polar surface area (TPSA) is 62.1 Å². The van der Waals surface area contributed by atoms with Gasteiger partial charge in [0.25, 0.3) is 5.91 Å². The maximum Gasteiger partial charge on any atom is 0.253 e. The molecule has 0 spiro atoms. The highest BCUT2D eigenvalue weighted by Crippen LogP contribution is 1.97. The molecule has 0 radical (unpaired) electrons. The van der Waals surface area contributed by atoms with Gasteiger partial charge in [-0.15, -0.1) is 0 Å². The van der Waals surface area contributed by atoms with E-state index < -0.39 is 6.10 Å². The van der Waals surface area contributed by atoms with Gasteiger partial charge in [0.1, 0.15) is 12.8 Å². The van der Waals surface area contributed by atoms with Gasteiger partial charge in [-0.2, -0.15) is 5.26 Å². The fourth-order valence-corrected chi connectivity index (χ4v) is 0.961. The quantitative estimate of drug-likeness (QED) is 0.752. The Morgan fingerprint density at radius 1 is 1.53 bits per heavy atom. The zero-order chi connectivity index (χ0) is 11.1. The van der Waals surface area contributed by atoms with E-state index in [-0.39, 0.29) is 12.6 Å². The van der Waals surface area contributed by atoms with Crippen molar-refractivity contribution in [1.82, 2.24) is 5.32 Å². The minimum absolute atomic E-state index is 0.0441. The van der Waals surface area contributed by atoms with E-state index in [1.807, 2.05) is 12.1 Å². The van der Waals surface area contributed by atoms with Crippen LogP contribution in [0.4, 0.5) is 0 Å². The third-order valence-electron chi connectivity index (χ3n) is 1.78. The monoisotopic (exact) mass is 204 g/mol. The molecule has 1 amide bonds. The lowest BCUT2D eigenvalue weighted by molar-refractivity contribution is 0.0685. The molecule has 0 aromatic heterocycles. The van der Waals surface area contributed by atoms with Crippen molar-refractivity contribution in [3.63, 3.8) is 0 Å². The number of nitriles is 1. The second-order valence-electron chi connectivity index (χ2n) is 2.95. The van der Waals surface area contributed by atoms with Gasteiger partial charge < -0.3 is 10.1 Å². The number of carbonyl (C=O) groups is 1. The SMILES string of the molecule is CC(C#N)OCNC(=O)c1ccccc1. The Kier molecular flexibility index (Phi) is 4.32. The summed E-state index contributed by atoms with van der Waals surface area (Å²) in [5.41, 5.74) is 0.575. The van der Waals surface area contributed by atoms with Crippen molar-refractivity contribution < 1.29 is 9.53 Å². The molecule has 0 bridgehead atoms. The predicted molar refractivity (Wildman–Crippen MR) is 54.9 cm³/mol. The molecule has 1 unspecified atom stereocenters. The van der Waals surface area contributed by atoms with Crippen LogP contribution in [-0.2, 0) is 4.74 Å². The number of ether oxygens (including phenoxy) is 1. The molecule has 0 saturated carbocycles. The third-order valence-corrected chi connectivity index (χ3v) is 1.78. The highest BCUT2D eigenvalue weighted by molar-refractivity contribution is 5.93. The second-order valence-corrected chi connectivity index (χ2v) is 2.95. The minimum Gasteiger partial charge on any atom is -0.343 e. The lowest BCUT2D eigenvalue weighted by atomic mass is 10.2. The Bertz CT molecular complexity index is 357. The average molecular weight is 204 g/mol. The molecular formula is C11H12N2O2. The molecule has 4 heteroatoms. The van der Waals surface area contributed by atoms with Gasteiger partial charge in [0, 0.05) is 5.56 Å². The lowest BCUT2D eigenvalue weighted by Crippen LogP contribution is -2.27. The largest absolute Gasteiger partial charge is 0.343 e. The minimum atomic E-state index is -0.513. The Hall–Kier alpha value is -1.86. The Morgan fingerprint density at radius 2 is 2.20 bits per heavy atom. The number of nitrogens with zero attached hydrogens (tertiary/aromatic N) is 1. The van der Waals surface area contributed by atoms with E-state index in [2.05, 4.69) is 5.32 Å². The van der Waals surface area contributed by atoms with Crippen LogP contribution >= 0.6 is 0 Å². The van der Waals surface area contributed by atoms with Crippen LogP contribution in [0.5, 0.6) is 0 Å². The molecule has 0 aliphatic heterocycles. The molecule has 0 aliphatic rings. The van der Waals surface area contributed by atoms with Crippen LogP contribution in [0.15, 0.2) is 30.3 Å². The van der Waals surface area contributed by atoms with Crippen molar-refractivity contribution in [2.24, 2.45) is 0 Å². The van der Waals surface area contributed by atoms with E-state index in [4.69, 9.17) is 10.00 Å². The fraction of sp³-hybridized carbons (Fsp3) is 0.273. The van der Waals surface area contributed by atoms with Crippen molar-refractivity contribution in [2.75, 3.05) is 6.73 Å². The van der Waals surface area contributed by atoms with Gasteiger partial charge in [-0.25, -0.2) is 0 Å². The molecule has 78 valence electrons. The van der Waals surface area contributed by atoms with Crippen LogP contribution in [0.25, 0.3) is 0 Å². The van der Waals surface area contributed by atoms with Crippen molar-refractivity contribution in [1.29, 1.82) is 5.26 Å². The standard InChI is InChI=1S/C11H12N2O2/c1-9(7-12)15-8-13-11(14)10-5-3-2-4-6-10/h2-6,9H,8H2,1H3,(H,13,14). The van der Waals surface area contributed by atoms with Gasteiger partial charge in [-0.05, 0) is 19.1 Å². The third kappa shape index (κ3) is 3.79. The smallest absolute Gasteiger partial charge is 0.253 e. The summed E-state index contributed by atoms with van der Waals surface area (Å²) in [7, 11) is 0. The Morgan fingerprint density at radius 3 is 2.80 bits per heavy atom. The Balaban J connectivity index is 2.35. The maximum atomic E-state index is 11.4. The normalized spacial score (nSPS) is 11.5. The number of hydrogen-bond acceptors (Lipinski definition) is 3. The van der Waals surface area contributed by atoms with E-state index in [1.54, 1.807) is 31.2 Å². The first-order valence-electron chi connectivity index (χ1n) is 4.58. The van der Waals surface area contributed by atoms with Crippen LogP contribution in [-0.4, -0.2) is 18.7 Å². The van der Waals surface area contributed by atoms with Crippen LogP contribution in [0.3, 0.4) is 0 Å². The molecule has 0 saturated heterocycles. The number of rotatable bonds is 4. The van der Waals surface area contributed by atoms with E-state index in [1.165, 1.54) is 0 Å².